The average Bonchev–Trinajstić information content (AvgIpc) is 3.13. The summed E-state index contributed by atoms with van der Waals surface area (Å²) in [7, 11) is 1.54. The van der Waals surface area contributed by atoms with Gasteiger partial charge in [0.15, 0.2) is 4.80 Å². The molecule has 0 fully saturated rings. The van der Waals surface area contributed by atoms with E-state index < -0.39 is 12.0 Å². The number of allylic oxidation sites excluding steroid dienone is 1. The summed E-state index contributed by atoms with van der Waals surface area (Å²) in [5, 5.41) is 0.465. The molecule has 4 rings (SSSR count). The van der Waals surface area contributed by atoms with Gasteiger partial charge in [0, 0.05) is 23.0 Å². The number of hydrogen-bond donors (Lipinski definition) is 0. The molecule has 0 radical (unpaired) electrons. The quantitative estimate of drug-likeness (QED) is 0.465. The first-order chi connectivity index (χ1) is 16.5. The van der Waals surface area contributed by atoms with Crippen LogP contribution in [-0.4, -0.2) is 29.2 Å². The van der Waals surface area contributed by atoms with Gasteiger partial charge >= 0.3 is 5.97 Å². The zero-order valence-electron chi connectivity index (χ0n) is 19.1. The summed E-state index contributed by atoms with van der Waals surface area (Å²) in [6.07, 6.45) is 6.46. The lowest BCUT2D eigenvalue weighted by Gasteiger charge is -2.27. The van der Waals surface area contributed by atoms with Gasteiger partial charge < -0.3 is 9.47 Å². The number of rotatable bonds is 7. The molecular formula is C25H24ClN3O4S. The fraction of sp³-hybridized carbons (Fsp3) is 0.280. The summed E-state index contributed by atoms with van der Waals surface area (Å²) in [6.45, 7) is 3.96. The van der Waals surface area contributed by atoms with Crippen LogP contribution < -0.4 is 19.6 Å². The smallest absolute Gasteiger partial charge is 0.338 e. The van der Waals surface area contributed by atoms with Gasteiger partial charge in [0.2, 0.25) is 0 Å². The number of fused-ring (bicyclic) bond motifs is 1. The number of carbonyl (C=O) groups excluding carboxylic acids is 1. The van der Waals surface area contributed by atoms with E-state index in [2.05, 4.69) is 4.98 Å². The van der Waals surface area contributed by atoms with Crippen molar-refractivity contribution in [2.45, 2.75) is 32.7 Å². The fourth-order valence-electron chi connectivity index (χ4n) is 3.95. The largest absolute Gasteiger partial charge is 0.496 e. The minimum absolute atomic E-state index is 0.202. The zero-order chi connectivity index (χ0) is 24.2. The molecule has 2 aromatic heterocycles. The molecule has 34 heavy (non-hydrogen) atoms. The third kappa shape index (κ3) is 4.56. The number of benzene rings is 1. The highest BCUT2D eigenvalue weighted by Crippen LogP contribution is 2.38. The maximum absolute atomic E-state index is 13.7. The Balaban J connectivity index is 2.06. The Morgan fingerprint density at radius 2 is 2.00 bits per heavy atom. The van der Waals surface area contributed by atoms with Crippen molar-refractivity contribution < 1.29 is 14.3 Å². The second kappa shape index (κ2) is 10.4. The summed E-state index contributed by atoms with van der Waals surface area (Å²) in [5.41, 5.74) is 2.11. The van der Waals surface area contributed by atoms with Gasteiger partial charge in [-0.05, 0) is 55.3 Å². The molecule has 1 aromatic carbocycles. The van der Waals surface area contributed by atoms with Crippen molar-refractivity contribution in [2.24, 2.45) is 4.99 Å². The summed E-state index contributed by atoms with van der Waals surface area (Å²) >= 11 is 7.63. The average molecular weight is 498 g/mol. The molecule has 0 amide bonds. The van der Waals surface area contributed by atoms with Crippen LogP contribution in [0.1, 0.15) is 43.9 Å². The first kappa shape index (κ1) is 23.9. The summed E-state index contributed by atoms with van der Waals surface area (Å²) < 4.78 is 13.1. The van der Waals surface area contributed by atoms with Crippen molar-refractivity contribution >= 4 is 35.0 Å². The van der Waals surface area contributed by atoms with E-state index in [4.69, 9.17) is 26.1 Å². The van der Waals surface area contributed by atoms with Crippen LogP contribution in [0.4, 0.5) is 0 Å². The van der Waals surface area contributed by atoms with Crippen LogP contribution in [0, 0.1) is 0 Å². The summed E-state index contributed by atoms with van der Waals surface area (Å²) in [4.78, 5) is 36.2. The van der Waals surface area contributed by atoms with Gasteiger partial charge in [-0.25, -0.2) is 9.79 Å². The van der Waals surface area contributed by atoms with Gasteiger partial charge in [0.05, 0.1) is 29.5 Å². The molecule has 0 saturated heterocycles. The minimum atomic E-state index is -0.787. The molecule has 0 aliphatic carbocycles. The molecular weight excluding hydrogens is 474 g/mol. The zero-order valence-corrected chi connectivity index (χ0v) is 20.7. The van der Waals surface area contributed by atoms with Crippen LogP contribution in [-0.2, 0) is 9.53 Å². The van der Waals surface area contributed by atoms with Crippen molar-refractivity contribution in [3.8, 4) is 5.75 Å². The van der Waals surface area contributed by atoms with E-state index in [1.54, 1.807) is 50.7 Å². The van der Waals surface area contributed by atoms with Crippen molar-refractivity contribution in [1.82, 2.24) is 9.55 Å². The van der Waals surface area contributed by atoms with Gasteiger partial charge in [-0.3, -0.25) is 14.3 Å². The van der Waals surface area contributed by atoms with E-state index in [9.17, 15) is 9.59 Å². The van der Waals surface area contributed by atoms with E-state index in [-0.39, 0.29) is 12.2 Å². The van der Waals surface area contributed by atoms with E-state index in [1.165, 1.54) is 15.9 Å². The van der Waals surface area contributed by atoms with Crippen molar-refractivity contribution in [2.75, 3.05) is 13.7 Å². The maximum Gasteiger partial charge on any atom is 0.338 e. The second-order valence-corrected chi connectivity index (χ2v) is 9.03. The monoisotopic (exact) mass is 497 g/mol. The normalized spacial score (nSPS) is 15.6. The lowest BCUT2D eigenvalue weighted by Crippen LogP contribution is -2.40. The molecule has 1 aliphatic rings. The Bertz CT molecular complexity index is 1430. The Morgan fingerprint density at radius 1 is 1.24 bits per heavy atom. The Hall–Kier alpha value is -3.23. The van der Waals surface area contributed by atoms with Crippen molar-refractivity contribution in [3.63, 3.8) is 0 Å². The highest BCUT2D eigenvalue weighted by atomic mass is 35.5. The van der Waals surface area contributed by atoms with Crippen molar-refractivity contribution in [1.29, 1.82) is 0 Å². The van der Waals surface area contributed by atoms with Crippen LogP contribution in [0.25, 0.3) is 6.08 Å². The Morgan fingerprint density at radius 3 is 2.68 bits per heavy atom. The van der Waals surface area contributed by atoms with Crippen LogP contribution in [0.5, 0.6) is 5.75 Å². The molecule has 0 unspecified atom stereocenters. The number of methoxy groups -OCH3 is 1. The Labute approximate surface area is 205 Å². The second-order valence-electron chi connectivity index (χ2n) is 7.58. The van der Waals surface area contributed by atoms with Crippen LogP contribution in [0.3, 0.4) is 0 Å². The Kier molecular flexibility index (Phi) is 7.29. The molecule has 0 N–H and O–H groups in total. The van der Waals surface area contributed by atoms with Gasteiger partial charge in [-0.1, -0.05) is 36.3 Å². The number of ether oxygens (including phenoxy) is 2. The lowest BCUT2D eigenvalue weighted by molar-refractivity contribution is -0.139. The number of hydrogen-bond acceptors (Lipinski definition) is 7. The molecule has 0 spiro atoms. The predicted molar refractivity (Wildman–Crippen MR) is 132 cm³/mol. The van der Waals surface area contributed by atoms with Crippen LogP contribution >= 0.6 is 22.9 Å². The molecule has 0 saturated carbocycles. The number of pyridine rings is 1. The third-order valence-electron chi connectivity index (χ3n) is 5.38. The predicted octanol–water partition coefficient (Wildman–Crippen LogP) is 3.64. The highest BCUT2D eigenvalue weighted by molar-refractivity contribution is 7.07. The van der Waals surface area contributed by atoms with Gasteiger partial charge in [0.25, 0.3) is 5.56 Å². The molecule has 1 aliphatic heterocycles. The molecule has 3 heterocycles. The minimum Gasteiger partial charge on any atom is -0.496 e. The number of carbonyl (C=O) groups is 1. The van der Waals surface area contributed by atoms with Gasteiger partial charge in [0.1, 0.15) is 11.8 Å². The number of halogens is 1. The third-order valence-corrected chi connectivity index (χ3v) is 6.60. The molecule has 7 nitrogen and oxygen atoms in total. The van der Waals surface area contributed by atoms with Crippen LogP contribution in [0.15, 0.2) is 63.8 Å². The number of nitrogens with zero attached hydrogens (tertiary/aromatic N) is 3. The van der Waals surface area contributed by atoms with E-state index in [0.29, 0.717) is 43.4 Å². The SMILES string of the molecule is CCCC1=C(C(=O)OCC)[C@@H](c2cc(Cl)ccc2OC)n2c(s/c(=C/c3ccncc3)c2=O)=N1. The number of thiazole rings is 1. The van der Waals surface area contributed by atoms with Crippen LogP contribution in [0.2, 0.25) is 5.02 Å². The maximum atomic E-state index is 13.7. The lowest BCUT2D eigenvalue weighted by atomic mass is 9.93. The first-order valence-electron chi connectivity index (χ1n) is 10.9. The highest BCUT2D eigenvalue weighted by Gasteiger charge is 2.36. The standard InChI is InChI=1S/C25H24ClN3O4S/c1-4-6-18-21(24(31)33-5-2)22(17-14-16(26)7-8-19(17)32-3)29-23(30)20(34-25(29)28-18)13-15-9-11-27-12-10-15/h7-14,22H,4-6H2,1-3H3/b20-13+/t22-/m1/s1. The first-order valence-corrected chi connectivity index (χ1v) is 12.1. The summed E-state index contributed by atoms with van der Waals surface area (Å²) in [6, 6.07) is 8.01. The van der Waals surface area contributed by atoms with E-state index >= 15 is 0 Å². The summed E-state index contributed by atoms with van der Waals surface area (Å²) in [5.74, 6) is 0.00259. The van der Waals surface area contributed by atoms with Gasteiger partial charge in [-0.2, -0.15) is 0 Å². The number of aromatic nitrogens is 2. The molecule has 0 bridgehead atoms. The van der Waals surface area contributed by atoms with E-state index in [1.807, 2.05) is 19.1 Å². The molecule has 3 aromatic rings. The molecule has 176 valence electrons. The van der Waals surface area contributed by atoms with E-state index in [0.717, 1.165) is 12.0 Å². The molecule has 1 atom stereocenters. The fourth-order valence-corrected chi connectivity index (χ4v) is 5.15. The number of esters is 1. The van der Waals surface area contributed by atoms with Gasteiger partial charge in [-0.15, -0.1) is 0 Å². The molecule has 9 heteroatoms. The van der Waals surface area contributed by atoms with Crippen molar-refractivity contribution in [3.05, 3.63) is 89.8 Å². The topological polar surface area (TPSA) is 82.8 Å².